The molecule has 1 saturated carbocycles. The minimum atomic E-state index is -4.68. The molecule has 0 bridgehead atoms. The molecule has 28 heavy (non-hydrogen) atoms. The molecule has 0 amide bonds. The van der Waals surface area contributed by atoms with Crippen LogP contribution in [0.25, 0.3) is 17.2 Å². The molecule has 3 rings (SSSR count). The van der Waals surface area contributed by atoms with Crippen LogP contribution in [0.4, 0.5) is 26.3 Å². The zero-order valence-electron chi connectivity index (χ0n) is 15.3. The van der Waals surface area contributed by atoms with Crippen molar-refractivity contribution in [3.05, 3.63) is 65.0 Å². The van der Waals surface area contributed by atoms with Crippen molar-refractivity contribution in [2.45, 2.75) is 44.7 Å². The summed E-state index contributed by atoms with van der Waals surface area (Å²) in [5.74, 6) is -2.03. The third kappa shape index (κ3) is 4.78. The highest BCUT2D eigenvalue weighted by Crippen LogP contribution is 2.37. The number of alkyl halides is 3. The summed E-state index contributed by atoms with van der Waals surface area (Å²) in [6, 6.07) is 6.32. The summed E-state index contributed by atoms with van der Waals surface area (Å²) in [5.41, 5.74) is 0.00538. The average Bonchev–Trinajstić information content (AvgIpc) is 2.60. The molecule has 0 nitrogen and oxygen atoms in total. The van der Waals surface area contributed by atoms with Crippen LogP contribution in [0.3, 0.4) is 0 Å². The van der Waals surface area contributed by atoms with Crippen molar-refractivity contribution in [3.63, 3.8) is 0 Å². The van der Waals surface area contributed by atoms with Gasteiger partial charge in [0, 0.05) is 17.2 Å². The van der Waals surface area contributed by atoms with E-state index in [2.05, 4.69) is 6.92 Å². The smallest absolute Gasteiger partial charge is 0.206 e. The minimum absolute atomic E-state index is 0.0112. The van der Waals surface area contributed by atoms with E-state index in [1.165, 1.54) is 12.1 Å². The van der Waals surface area contributed by atoms with E-state index in [1.807, 2.05) is 0 Å². The van der Waals surface area contributed by atoms with Crippen molar-refractivity contribution in [2.75, 3.05) is 0 Å². The van der Waals surface area contributed by atoms with Gasteiger partial charge >= 0.3 is 6.18 Å². The highest BCUT2D eigenvalue weighted by Gasteiger charge is 2.24. The molecule has 0 radical (unpaired) electrons. The van der Waals surface area contributed by atoms with E-state index < -0.39 is 29.2 Å². The standard InChI is InChI=1S/C22H20F6/c1-13-2-4-14(5-3-13)15-6-7-17(19(23)10-15)16-11-20(24)18(21(25)12-16)8-9-22(26,27)28/h6-14H,2-5H2,1H3/b9-8+. The molecule has 1 aliphatic rings. The normalized spacial score (nSPS) is 20.7. The molecule has 2 aromatic carbocycles. The van der Waals surface area contributed by atoms with Crippen molar-refractivity contribution in [3.8, 4) is 11.1 Å². The zero-order chi connectivity index (χ0) is 20.5. The second-order valence-electron chi connectivity index (χ2n) is 7.42. The fourth-order valence-corrected chi connectivity index (χ4v) is 3.69. The van der Waals surface area contributed by atoms with Crippen LogP contribution in [0.15, 0.2) is 36.4 Å². The van der Waals surface area contributed by atoms with Gasteiger partial charge in [0.05, 0.1) is 0 Å². The lowest BCUT2D eigenvalue weighted by Gasteiger charge is -2.26. The largest absolute Gasteiger partial charge is 0.409 e. The first kappa shape index (κ1) is 20.5. The number of rotatable bonds is 3. The lowest BCUT2D eigenvalue weighted by Crippen LogP contribution is -2.11. The summed E-state index contributed by atoms with van der Waals surface area (Å²) in [6.45, 7) is 2.19. The molecule has 0 aromatic heterocycles. The van der Waals surface area contributed by atoms with Gasteiger partial charge in [-0.2, -0.15) is 13.2 Å². The van der Waals surface area contributed by atoms with Crippen LogP contribution < -0.4 is 0 Å². The van der Waals surface area contributed by atoms with Crippen molar-refractivity contribution in [1.29, 1.82) is 0 Å². The second kappa shape index (κ2) is 8.02. The fraction of sp³-hybridized carbons (Fsp3) is 0.364. The first-order valence-corrected chi connectivity index (χ1v) is 9.19. The maximum atomic E-state index is 14.6. The molecule has 0 N–H and O–H groups in total. The van der Waals surface area contributed by atoms with Crippen LogP contribution in [-0.2, 0) is 0 Å². The lowest BCUT2D eigenvalue weighted by molar-refractivity contribution is -0.0790. The quantitative estimate of drug-likeness (QED) is 0.466. The number of hydrogen-bond acceptors (Lipinski definition) is 0. The number of benzene rings is 2. The van der Waals surface area contributed by atoms with E-state index in [0.717, 1.165) is 43.4 Å². The number of halogens is 6. The van der Waals surface area contributed by atoms with E-state index in [9.17, 15) is 26.3 Å². The molecular formula is C22H20F6. The predicted molar refractivity (Wildman–Crippen MR) is 97.2 cm³/mol. The van der Waals surface area contributed by atoms with Gasteiger partial charge in [-0.15, -0.1) is 0 Å². The molecule has 6 heteroatoms. The van der Waals surface area contributed by atoms with E-state index in [1.54, 1.807) is 6.07 Å². The molecule has 0 aliphatic heterocycles. The van der Waals surface area contributed by atoms with Crippen LogP contribution in [0, 0.1) is 23.4 Å². The second-order valence-corrected chi connectivity index (χ2v) is 7.42. The molecule has 1 fully saturated rings. The molecule has 0 saturated heterocycles. The Morgan fingerprint density at radius 2 is 1.46 bits per heavy atom. The van der Waals surface area contributed by atoms with E-state index >= 15 is 0 Å². The minimum Gasteiger partial charge on any atom is -0.206 e. The fourth-order valence-electron chi connectivity index (χ4n) is 3.69. The maximum Gasteiger partial charge on any atom is 0.409 e. The lowest BCUT2D eigenvalue weighted by atomic mass is 9.79. The van der Waals surface area contributed by atoms with Crippen LogP contribution in [0.5, 0.6) is 0 Å². The third-order valence-corrected chi connectivity index (χ3v) is 5.31. The highest BCUT2D eigenvalue weighted by molar-refractivity contribution is 5.67. The molecular weight excluding hydrogens is 378 g/mol. The molecule has 0 atom stereocenters. The van der Waals surface area contributed by atoms with Crippen molar-refractivity contribution >= 4 is 6.08 Å². The Kier molecular flexibility index (Phi) is 5.87. The summed E-state index contributed by atoms with van der Waals surface area (Å²) in [5, 5.41) is 0. The van der Waals surface area contributed by atoms with E-state index in [4.69, 9.17) is 0 Å². The van der Waals surface area contributed by atoms with Gasteiger partial charge in [-0.25, -0.2) is 13.2 Å². The van der Waals surface area contributed by atoms with Gasteiger partial charge in [-0.1, -0.05) is 31.9 Å². The average molecular weight is 398 g/mol. The Balaban J connectivity index is 1.88. The summed E-state index contributed by atoms with van der Waals surface area (Å²) in [7, 11) is 0. The van der Waals surface area contributed by atoms with Gasteiger partial charge in [-0.05, 0) is 60.1 Å². The topological polar surface area (TPSA) is 0 Å². The van der Waals surface area contributed by atoms with Gasteiger partial charge in [0.2, 0.25) is 0 Å². The van der Waals surface area contributed by atoms with Crippen molar-refractivity contribution in [2.24, 2.45) is 5.92 Å². The Labute approximate surface area is 159 Å². The van der Waals surface area contributed by atoms with Gasteiger partial charge in [0.15, 0.2) is 0 Å². The molecule has 2 aromatic rings. The first-order chi connectivity index (χ1) is 13.1. The highest BCUT2D eigenvalue weighted by atomic mass is 19.4. The van der Waals surface area contributed by atoms with Crippen LogP contribution >= 0.6 is 0 Å². The first-order valence-electron chi connectivity index (χ1n) is 9.19. The van der Waals surface area contributed by atoms with Crippen LogP contribution in [-0.4, -0.2) is 6.18 Å². The number of allylic oxidation sites excluding steroid dienone is 1. The van der Waals surface area contributed by atoms with Crippen molar-refractivity contribution < 1.29 is 26.3 Å². The van der Waals surface area contributed by atoms with Crippen LogP contribution in [0.1, 0.15) is 49.7 Å². The summed E-state index contributed by atoms with van der Waals surface area (Å²) in [4.78, 5) is 0. The summed E-state index contributed by atoms with van der Waals surface area (Å²) in [6.07, 6.45) is -0.482. The molecule has 1 aliphatic carbocycles. The predicted octanol–water partition coefficient (Wildman–Crippen LogP) is 7.64. The van der Waals surface area contributed by atoms with Gasteiger partial charge < -0.3 is 0 Å². The van der Waals surface area contributed by atoms with E-state index in [-0.39, 0.29) is 23.1 Å². The monoisotopic (exact) mass is 398 g/mol. The van der Waals surface area contributed by atoms with Gasteiger partial charge in [-0.3, -0.25) is 0 Å². The van der Waals surface area contributed by atoms with Gasteiger partial charge in [0.1, 0.15) is 17.5 Å². The Hall–Kier alpha value is -2.24. The molecule has 150 valence electrons. The Bertz CT molecular complexity index is 850. The van der Waals surface area contributed by atoms with E-state index in [0.29, 0.717) is 12.0 Å². The van der Waals surface area contributed by atoms with Crippen molar-refractivity contribution in [1.82, 2.24) is 0 Å². The molecule has 0 unspecified atom stereocenters. The SMILES string of the molecule is CC1CCC(c2ccc(-c3cc(F)c(/C=C/C(F)(F)F)c(F)c3)c(F)c2)CC1. The third-order valence-electron chi connectivity index (χ3n) is 5.31. The number of hydrogen-bond donors (Lipinski definition) is 0. The molecule has 0 spiro atoms. The Morgan fingerprint density at radius 1 is 0.857 bits per heavy atom. The zero-order valence-corrected chi connectivity index (χ0v) is 15.3. The summed E-state index contributed by atoms with van der Waals surface area (Å²) < 4.78 is 79.6. The van der Waals surface area contributed by atoms with Gasteiger partial charge in [0.25, 0.3) is 0 Å². The molecule has 0 heterocycles. The Morgan fingerprint density at radius 3 is 2.00 bits per heavy atom. The van der Waals surface area contributed by atoms with Crippen LogP contribution in [0.2, 0.25) is 0 Å². The maximum absolute atomic E-state index is 14.6. The summed E-state index contributed by atoms with van der Waals surface area (Å²) >= 11 is 0.